The molecule has 0 amide bonds. The van der Waals surface area contributed by atoms with E-state index in [0.717, 1.165) is 12.0 Å². The summed E-state index contributed by atoms with van der Waals surface area (Å²) < 4.78 is 37.6. The van der Waals surface area contributed by atoms with Crippen molar-refractivity contribution >= 4 is 0 Å². The molecule has 0 N–H and O–H groups in total. The van der Waals surface area contributed by atoms with E-state index in [0.29, 0.717) is 5.57 Å². The number of benzene rings is 1. The zero-order valence-electron chi connectivity index (χ0n) is 12.4. The number of halogens is 2. The SMILES string of the molecule is C=C(/C=C\C(=C)COc1ccc(OCC)c(F)c1F)CC. The van der Waals surface area contributed by atoms with E-state index in [1.54, 1.807) is 13.0 Å². The van der Waals surface area contributed by atoms with Gasteiger partial charge < -0.3 is 9.47 Å². The highest BCUT2D eigenvalue weighted by Gasteiger charge is 2.15. The van der Waals surface area contributed by atoms with Crippen molar-refractivity contribution in [3.8, 4) is 11.5 Å². The van der Waals surface area contributed by atoms with E-state index in [-0.39, 0.29) is 24.7 Å². The minimum absolute atomic E-state index is 0.0673. The van der Waals surface area contributed by atoms with Crippen molar-refractivity contribution < 1.29 is 18.3 Å². The summed E-state index contributed by atoms with van der Waals surface area (Å²) in [4.78, 5) is 0. The summed E-state index contributed by atoms with van der Waals surface area (Å²) in [5.74, 6) is -2.40. The van der Waals surface area contributed by atoms with Crippen molar-refractivity contribution in [2.45, 2.75) is 20.3 Å². The van der Waals surface area contributed by atoms with Gasteiger partial charge in [0.25, 0.3) is 0 Å². The van der Waals surface area contributed by atoms with Gasteiger partial charge in [0.05, 0.1) is 6.61 Å². The molecule has 0 aliphatic carbocycles. The Morgan fingerprint density at radius 1 is 1.00 bits per heavy atom. The lowest BCUT2D eigenvalue weighted by atomic mass is 10.2. The van der Waals surface area contributed by atoms with Crippen LogP contribution < -0.4 is 9.47 Å². The maximum absolute atomic E-state index is 13.8. The summed E-state index contributed by atoms with van der Waals surface area (Å²) in [5.41, 5.74) is 1.59. The summed E-state index contributed by atoms with van der Waals surface area (Å²) in [5, 5.41) is 0. The third kappa shape index (κ3) is 5.06. The van der Waals surface area contributed by atoms with E-state index in [1.807, 2.05) is 13.0 Å². The molecule has 2 nitrogen and oxygen atoms in total. The second kappa shape index (κ2) is 8.25. The molecule has 1 rings (SSSR count). The van der Waals surface area contributed by atoms with E-state index < -0.39 is 11.6 Å². The molecule has 0 atom stereocenters. The fourth-order valence-electron chi connectivity index (χ4n) is 1.46. The minimum atomic E-state index is -1.06. The fourth-order valence-corrected chi connectivity index (χ4v) is 1.46. The number of hydrogen-bond donors (Lipinski definition) is 0. The first-order valence-corrected chi connectivity index (χ1v) is 6.76. The summed E-state index contributed by atoms with van der Waals surface area (Å²) in [6, 6.07) is 2.68. The second-order valence-electron chi connectivity index (χ2n) is 4.41. The van der Waals surface area contributed by atoms with Crippen LogP contribution in [0.25, 0.3) is 0 Å². The van der Waals surface area contributed by atoms with Crippen LogP contribution in [0, 0.1) is 11.6 Å². The van der Waals surface area contributed by atoms with Crippen molar-refractivity contribution in [2.24, 2.45) is 0 Å². The molecule has 114 valence electrons. The molecule has 4 heteroatoms. The Hall–Kier alpha value is -2.10. The van der Waals surface area contributed by atoms with Crippen LogP contribution in [0.2, 0.25) is 0 Å². The topological polar surface area (TPSA) is 18.5 Å². The zero-order chi connectivity index (χ0) is 15.8. The van der Waals surface area contributed by atoms with Gasteiger partial charge in [-0.05, 0) is 31.1 Å². The van der Waals surface area contributed by atoms with Crippen molar-refractivity contribution in [2.75, 3.05) is 13.2 Å². The molecule has 0 spiro atoms. The standard InChI is InChI=1S/C17H20F2O2/c1-5-12(3)7-8-13(4)11-21-15-10-9-14(20-6-2)16(18)17(15)19/h7-10H,3-6,11H2,1-2H3/b8-7-. The molecular weight excluding hydrogens is 274 g/mol. The predicted molar refractivity (Wildman–Crippen MR) is 80.7 cm³/mol. The van der Waals surface area contributed by atoms with Crippen molar-refractivity contribution in [1.82, 2.24) is 0 Å². The molecule has 0 aliphatic heterocycles. The molecule has 0 aliphatic rings. The van der Waals surface area contributed by atoms with Gasteiger partial charge in [-0.2, -0.15) is 8.78 Å². The lowest BCUT2D eigenvalue weighted by molar-refractivity contribution is 0.297. The normalized spacial score (nSPS) is 10.7. The maximum atomic E-state index is 13.8. The number of rotatable bonds is 8. The Morgan fingerprint density at radius 3 is 2.05 bits per heavy atom. The van der Waals surface area contributed by atoms with Gasteiger partial charge in [0.2, 0.25) is 11.6 Å². The van der Waals surface area contributed by atoms with Crippen LogP contribution in [0.5, 0.6) is 11.5 Å². The average Bonchev–Trinajstić information content (AvgIpc) is 2.48. The maximum Gasteiger partial charge on any atom is 0.204 e. The Bertz CT molecular complexity index is 548. The number of ether oxygens (including phenoxy) is 2. The third-order valence-electron chi connectivity index (χ3n) is 2.73. The quantitative estimate of drug-likeness (QED) is 0.640. The highest BCUT2D eigenvalue weighted by molar-refractivity contribution is 5.35. The summed E-state index contributed by atoms with van der Waals surface area (Å²) >= 11 is 0. The van der Waals surface area contributed by atoms with Gasteiger partial charge in [-0.3, -0.25) is 0 Å². The summed E-state index contributed by atoms with van der Waals surface area (Å²) in [7, 11) is 0. The minimum Gasteiger partial charge on any atom is -0.491 e. The molecule has 1 aromatic rings. The van der Waals surface area contributed by atoms with Crippen LogP contribution in [0.15, 0.2) is 48.6 Å². The fraction of sp³-hybridized carbons (Fsp3) is 0.294. The first-order chi connectivity index (χ1) is 9.99. The van der Waals surface area contributed by atoms with Crippen molar-refractivity contribution in [3.05, 3.63) is 60.2 Å². The van der Waals surface area contributed by atoms with Crippen LogP contribution >= 0.6 is 0 Å². The van der Waals surface area contributed by atoms with Gasteiger partial charge in [-0.15, -0.1) is 0 Å². The number of hydrogen-bond acceptors (Lipinski definition) is 2. The lowest BCUT2D eigenvalue weighted by Gasteiger charge is -2.10. The first kappa shape index (κ1) is 17.0. The molecule has 0 bridgehead atoms. The lowest BCUT2D eigenvalue weighted by Crippen LogP contribution is -2.03. The van der Waals surface area contributed by atoms with E-state index in [9.17, 15) is 8.78 Å². The Kier molecular flexibility index (Phi) is 6.66. The van der Waals surface area contributed by atoms with E-state index in [4.69, 9.17) is 9.47 Å². The molecule has 0 aromatic heterocycles. The molecule has 0 heterocycles. The van der Waals surface area contributed by atoms with Gasteiger partial charge in [-0.25, -0.2) is 0 Å². The summed E-state index contributed by atoms with van der Waals surface area (Å²) in [6.07, 6.45) is 4.40. The molecule has 0 saturated heterocycles. The van der Waals surface area contributed by atoms with E-state index in [1.165, 1.54) is 12.1 Å². The first-order valence-electron chi connectivity index (χ1n) is 6.76. The largest absolute Gasteiger partial charge is 0.491 e. The van der Waals surface area contributed by atoms with Gasteiger partial charge >= 0.3 is 0 Å². The van der Waals surface area contributed by atoms with Crippen LogP contribution in [0.3, 0.4) is 0 Å². The molecule has 0 fully saturated rings. The Labute approximate surface area is 124 Å². The Balaban J connectivity index is 2.68. The smallest absolute Gasteiger partial charge is 0.204 e. The van der Waals surface area contributed by atoms with Gasteiger partial charge in [0, 0.05) is 0 Å². The van der Waals surface area contributed by atoms with Gasteiger partial charge in [-0.1, -0.05) is 37.8 Å². The van der Waals surface area contributed by atoms with Crippen LogP contribution in [-0.4, -0.2) is 13.2 Å². The van der Waals surface area contributed by atoms with Gasteiger partial charge in [0.15, 0.2) is 11.5 Å². The monoisotopic (exact) mass is 294 g/mol. The van der Waals surface area contributed by atoms with E-state index >= 15 is 0 Å². The zero-order valence-corrected chi connectivity index (χ0v) is 12.4. The average molecular weight is 294 g/mol. The van der Waals surface area contributed by atoms with Crippen LogP contribution in [-0.2, 0) is 0 Å². The van der Waals surface area contributed by atoms with Gasteiger partial charge in [0.1, 0.15) is 6.61 Å². The van der Waals surface area contributed by atoms with Crippen LogP contribution in [0.1, 0.15) is 20.3 Å². The van der Waals surface area contributed by atoms with Crippen molar-refractivity contribution in [1.29, 1.82) is 0 Å². The third-order valence-corrected chi connectivity index (χ3v) is 2.73. The molecular formula is C17H20F2O2. The highest BCUT2D eigenvalue weighted by Crippen LogP contribution is 2.27. The molecule has 1 aromatic carbocycles. The highest BCUT2D eigenvalue weighted by atomic mass is 19.2. The number of allylic oxidation sites excluding steroid dienone is 2. The molecule has 0 unspecified atom stereocenters. The second-order valence-corrected chi connectivity index (χ2v) is 4.41. The Morgan fingerprint density at radius 2 is 1.52 bits per heavy atom. The molecule has 0 saturated carbocycles. The van der Waals surface area contributed by atoms with E-state index in [2.05, 4.69) is 13.2 Å². The molecule has 21 heavy (non-hydrogen) atoms. The molecule has 0 radical (unpaired) electrons. The van der Waals surface area contributed by atoms with Crippen LogP contribution in [0.4, 0.5) is 8.78 Å². The predicted octanol–water partition coefficient (Wildman–Crippen LogP) is 4.82. The summed E-state index contributed by atoms with van der Waals surface area (Å²) in [6.45, 7) is 11.6. The van der Waals surface area contributed by atoms with Crippen molar-refractivity contribution in [3.63, 3.8) is 0 Å².